The summed E-state index contributed by atoms with van der Waals surface area (Å²) in [5, 5.41) is 3.43. The van der Waals surface area contributed by atoms with Gasteiger partial charge in [0.1, 0.15) is 0 Å². The predicted molar refractivity (Wildman–Crippen MR) is 65.0 cm³/mol. The van der Waals surface area contributed by atoms with Crippen molar-refractivity contribution in [1.82, 2.24) is 5.32 Å². The summed E-state index contributed by atoms with van der Waals surface area (Å²) in [5.41, 5.74) is 2.52. The maximum atomic E-state index is 5.80. The molecule has 15 heavy (non-hydrogen) atoms. The standard InChI is InChI=1S/C12H16BrNO/c1-8-3-10(5-11(13)4-8)12-6-14-9(2)7-15-12/h3-5,9,12,14H,6-7H2,1-2H3. The topological polar surface area (TPSA) is 21.3 Å². The first-order valence-corrected chi connectivity index (χ1v) is 6.06. The summed E-state index contributed by atoms with van der Waals surface area (Å²) >= 11 is 3.52. The van der Waals surface area contributed by atoms with E-state index < -0.39 is 0 Å². The Morgan fingerprint density at radius 1 is 1.40 bits per heavy atom. The van der Waals surface area contributed by atoms with E-state index in [-0.39, 0.29) is 6.10 Å². The molecule has 1 aliphatic rings. The third-order valence-corrected chi connectivity index (χ3v) is 3.09. The minimum Gasteiger partial charge on any atom is -0.371 e. The largest absolute Gasteiger partial charge is 0.371 e. The second kappa shape index (κ2) is 4.64. The number of benzene rings is 1. The van der Waals surface area contributed by atoms with Gasteiger partial charge in [-0.2, -0.15) is 0 Å². The molecule has 1 aliphatic heterocycles. The molecular formula is C12H16BrNO. The van der Waals surface area contributed by atoms with E-state index in [4.69, 9.17) is 4.74 Å². The fraction of sp³-hybridized carbons (Fsp3) is 0.500. The molecule has 1 aromatic rings. The number of halogens is 1. The van der Waals surface area contributed by atoms with Crippen LogP contribution in [0.5, 0.6) is 0 Å². The van der Waals surface area contributed by atoms with Gasteiger partial charge in [-0.3, -0.25) is 0 Å². The highest BCUT2D eigenvalue weighted by molar-refractivity contribution is 9.10. The van der Waals surface area contributed by atoms with Crippen molar-refractivity contribution >= 4 is 15.9 Å². The number of rotatable bonds is 1. The highest BCUT2D eigenvalue weighted by Crippen LogP contribution is 2.24. The van der Waals surface area contributed by atoms with Crippen LogP contribution in [-0.4, -0.2) is 19.2 Å². The molecule has 2 rings (SSSR count). The van der Waals surface area contributed by atoms with Crippen LogP contribution in [0.25, 0.3) is 0 Å². The summed E-state index contributed by atoms with van der Waals surface area (Å²) in [7, 11) is 0. The van der Waals surface area contributed by atoms with E-state index in [1.54, 1.807) is 0 Å². The van der Waals surface area contributed by atoms with E-state index in [1.807, 2.05) is 0 Å². The Balaban J connectivity index is 2.15. The molecule has 2 nitrogen and oxygen atoms in total. The number of hydrogen-bond donors (Lipinski definition) is 1. The van der Waals surface area contributed by atoms with Crippen molar-refractivity contribution in [2.75, 3.05) is 13.2 Å². The summed E-state index contributed by atoms with van der Waals surface area (Å²) in [6.07, 6.45) is 0.192. The van der Waals surface area contributed by atoms with E-state index in [0.29, 0.717) is 6.04 Å². The molecule has 0 aromatic heterocycles. The van der Waals surface area contributed by atoms with Crippen LogP contribution >= 0.6 is 15.9 Å². The van der Waals surface area contributed by atoms with Gasteiger partial charge in [-0.05, 0) is 37.1 Å². The minimum atomic E-state index is 0.192. The van der Waals surface area contributed by atoms with Crippen LogP contribution in [0.3, 0.4) is 0 Å². The Hall–Kier alpha value is -0.380. The number of aryl methyl sites for hydroxylation is 1. The smallest absolute Gasteiger partial charge is 0.0950 e. The molecule has 0 saturated carbocycles. The van der Waals surface area contributed by atoms with Crippen LogP contribution in [0.15, 0.2) is 22.7 Å². The monoisotopic (exact) mass is 269 g/mol. The van der Waals surface area contributed by atoms with Crippen molar-refractivity contribution in [1.29, 1.82) is 0 Å². The lowest BCUT2D eigenvalue weighted by Gasteiger charge is -2.28. The summed E-state index contributed by atoms with van der Waals surface area (Å²) in [6, 6.07) is 6.90. The predicted octanol–water partition coefficient (Wildman–Crippen LogP) is 2.81. The average molecular weight is 270 g/mol. The first-order chi connectivity index (χ1) is 7.15. The Morgan fingerprint density at radius 3 is 2.80 bits per heavy atom. The minimum absolute atomic E-state index is 0.192. The molecule has 1 saturated heterocycles. The van der Waals surface area contributed by atoms with Gasteiger partial charge in [0, 0.05) is 17.1 Å². The van der Waals surface area contributed by atoms with Crippen molar-refractivity contribution in [2.45, 2.75) is 26.0 Å². The van der Waals surface area contributed by atoms with Crippen LogP contribution in [0, 0.1) is 6.92 Å². The van der Waals surface area contributed by atoms with Crippen LogP contribution in [0.1, 0.15) is 24.2 Å². The molecule has 0 bridgehead atoms. The van der Waals surface area contributed by atoms with E-state index in [2.05, 4.69) is 53.3 Å². The van der Waals surface area contributed by atoms with Crippen LogP contribution in [-0.2, 0) is 4.74 Å². The molecule has 0 spiro atoms. The van der Waals surface area contributed by atoms with Gasteiger partial charge in [0.2, 0.25) is 0 Å². The van der Waals surface area contributed by atoms with Crippen molar-refractivity contribution in [2.24, 2.45) is 0 Å². The third kappa shape index (κ3) is 2.80. The van der Waals surface area contributed by atoms with E-state index in [9.17, 15) is 0 Å². The highest BCUT2D eigenvalue weighted by atomic mass is 79.9. The second-order valence-electron chi connectivity index (χ2n) is 4.19. The number of nitrogens with one attached hydrogen (secondary N) is 1. The zero-order valence-corrected chi connectivity index (χ0v) is 10.7. The maximum Gasteiger partial charge on any atom is 0.0950 e. The molecule has 1 aromatic carbocycles. The summed E-state index contributed by atoms with van der Waals surface area (Å²) in [5.74, 6) is 0. The van der Waals surface area contributed by atoms with E-state index >= 15 is 0 Å². The zero-order valence-electron chi connectivity index (χ0n) is 9.09. The quantitative estimate of drug-likeness (QED) is 0.847. The Morgan fingerprint density at radius 2 is 2.20 bits per heavy atom. The number of morpholine rings is 1. The Bertz CT molecular complexity index is 325. The number of hydrogen-bond acceptors (Lipinski definition) is 2. The van der Waals surface area contributed by atoms with Gasteiger partial charge in [-0.1, -0.05) is 22.0 Å². The summed E-state index contributed by atoms with van der Waals surface area (Å²) < 4.78 is 6.93. The van der Waals surface area contributed by atoms with Crippen LogP contribution < -0.4 is 5.32 Å². The summed E-state index contributed by atoms with van der Waals surface area (Å²) in [4.78, 5) is 0. The highest BCUT2D eigenvalue weighted by Gasteiger charge is 2.19. The molecule has 82 valence electrons. The van der Waals surface area contributed by atoms with Crippen LogP contribution in [0.4, 0.5) is 0 Å². The molecule has 1 fully saturated rings. The van der Waals surface area contributed by atoms with E-state index in [0.717, 1.165) is 17.6 Å². The first kappa shape index (κ1) is 11.1. The molecule has 0 amide bonds. The lowest BCUT2D eigenvalue weighted by molar-refractivity contribution is 0.00689. The Kier molecular flexibility index (Phi) is 3.44. The second-order valence-corrected chi connectivity index (χ2v) is 5.11. The average Bonchev–Trinajstić information content (AvgIpc) is 2.17. The van der Waals surface area contributed by atoms with Gasteiger partial charge in [0.05, 0.1) is 12.7 Å². The lowest BCUT2D eigenvalue weighted by atomic mass is 10.1. The third-order valence-electron chi connectivity index (χ3n) is 2.64. The molecule has 0 aliphatic carbocycles. The fourth-order valence-electron chi connectivity index (χ4n) is 1.85. The van der Waals surface area contributed by atoms with Crippen molar-refractivity contribution in [3.05, 3.63) is 33.8 Å². The normalized spacial score (nSPS) is 26.6. The zero-order chi connectivity index (χ0) is 10.8. The molecule has 2 unspecified atom stereocenters. The lowest BCUT2D eigenvalue weighted by Crippen LogP contribution is -2.40. The molecule has 1 N–H and O–H groups in total. The van der Waals surface area contributed by atoms with E-state index in [1.165, 1.54) is 11.1 Å². The van der Waals surface area contributed by atoms with Gasteiger partial charge >= 0.3 is 0 Å². The van der Waals surface area contributed by atoms with Crippen molar-refractivity contribution in [3.8, 4) is 0 Å². The van der Waals surface area contributed by atoms with Gasteiger partial charge in [-0.15, -0.1) is 0 Å². The maximum absolute atomic E-state index is 5.80. The molecule has 0 radical (unpaired) electrons. The van der Waals surface area contributed by atoms with Crippen molar-refractivity contribution < 1.29 is 4.74 Å². The van der Waals surface area contributed by atoms with Crippen molar-refractivity contribution in [3.63, 3.8) is 0 Å². The fourth-order valence-corrected chi connectivity index (χ4v) is 2.48. The Labute approximate surface area is 99.1 Å². The summed E-state index contributed by atoms with van der Waals surface area (Å²) in [6.45, 7) is 5.93. The number of ether oxygens (including phenoxy) is 1. The van der Waals surface area contributed by atoms with Crippen LogP contribution in [0.2, 0.25) is 0 Å². The first-order valence-electron chi connectivity index (χ1n) is 5.27. The molecule has 2 atom stereocenters. The van der Waals surface area contributed by atoms with Gasteiger partial charge in [-0.25, -0.2) is 0 Å². The molecular weight excluding hydrogens is 254 g/mol. The van der Waals surface area contributed by atoms with Gasteiger partial charge < -0.3 is 10.1 Å². The molecule has 1 heterocycles. The molecule has 3 heteroatoms. The van der Waals surface area contributed by atoms with Gasteiger partial charge in [0.15, 0.2) is 0 Å². The van der Waals surface area contributed by atoms with Gasteiger partial charge in [0.25, 0.3) is 0 Å². The SMILES string of the molecule is Cc1cc(Br)cc(C2CNC(C)CO2)c1.